The van der Waals surface area contributed by atoms with Gasteiger partial charge in [0, 0.05) is 19.5 Å². The van der Waals surface area contributed by atoms with Gasteiger partial charge in [0.15, 0.2) is 0 Å². The summed E-state index contributed by atoms with van der Waals surface area (Å²) < 4.78 is 28.4. The van der Waals surface area contributed by atoms with Gasteiger partial charge in [-0.2, -0.15) is 0 Å². The van der Waals surface area contributed by atoms with E-state index in [9.17, 15) is 8.78 Å². The van der Waals surface area contributed by atoms with E-state index < -0.39 is 0 Å². The molecule has 0 heterocycles. The highest BCUT2D eigenvalue weighted by Gasteiger charge is 2.16. The first-order chi connectivity index (χ1) is 9.56. The Balaban J connectivity index is 2.34. The summed E-state index contributed by atoms with van der Waals surface area (Å²) in [4.78, 5) is 0. The Kier molecular flexibility index (Phi) is 5.10. The van der Waals surface area contributed by atoms with E-state index in [4.69, 9.17) is 11.8 Å². The van der Waals surface area contributed by atoms with E-state index in [2.05, 4.69) is 0 Å². The Morgan fingerprint density at radius 1 is 1.00 bits per heavy atom. The lowest BCUT2D eigenvalue weighted by Gasteiger charge is -2.19. The minimum Gasteiger partial charge on any atom is -0.223 e. The fourth-order valence-electron chi connectivity index (χ4n) is 2.28. The number of halogens is 3. The molecule has 20 heavy (non-hydrogen) atoms. The van der Waals surface area contributed by atoms with E-state index in [-0.39, 0.29) is 17.6 Å². The molecule has 0 aliphatic carbocycles. The van der Waals surface area contributed by atoms with E-state index in [0.717, 1.165) is 11.1 Å². The van der Waals surface area contributed by atoms with Crippen molar-refractivity contribution in [2.75, 3.05) is 13.6 Å². The standard InChI is InChI=1S/C16H16ClF2N/c1-20(17)9-8-16(12-4-2-6-14(18)10-12)13-5-3-7-15(19)11-13/h2-7,10-11,16H,8-9H2,1H3. The maximum absolute atomic E-state index is 13.4. The molecule has 4 heteroatoms. The summed E-state index contributed by atoms with van der Waals surface area (Å²) in [7, 11) is 1.76. The molecule has 0 fully saturated rings. The van der Waals surface area contributed by atoms with Crippen LogP contribution >= 0.6 is 11.8 Å². The van der Waals surface area contributed by atoms with Gasteiger partial charge in [-0.25, -0.2) is 13.2 Å². The second-order valence-electron chi connectivity index (χ2n) is 4.78. The van der Waals surface area contributed by atoms with Crippen LogP contribution in [0.2, 0.25) is 0 Å². The number of hydrogen-bond donors (Lipinski definition) is 0. The molecule has 106 valence electrons. The van der Waals surface area contributed by atoms with Crippen molar-refractivity contribution in [1.82, 2.24) is 4.42 Å². The fraction of sp³-hybridized carbons (Fsp3) is 0.250. The highest BCUT2D eigenvalue weighted by Crippen LogP contribution is 2.29. The van der Waals surface area contributed by atoms with Crippen LogP contribution in [0.15, 0.2) is 48.5 Å². The van der Waals surface area contributed by atoms with Crippen LogP contribution in [-0.4, -0.2) is 18.0 Å². The summed E-state index contributed by atoms with van der Waals surface area (Å²) in [5.74, 6) is -0.658. The smallest absolute Gasteiger partial charge is 0.123 e. The third-order valence-electron chi connectivity index (χ3n) is 3.23. The molecule has 1 nitrogen and oxygen atoms in total. The molecule has 0 amide bonds. The van der Waals surface area contributed by atoms with Crippen LogP contribution in [0.4, 0.5) is 8.78 Å². The molecular formula is C16H16ClF2N. The average molecular weight is 296 g/mol. The van der Waals surface area contributed by atoms with Crippen LogP contribution in [0, 0.1) is 11.6 Å². The molecule has 0 atom stereocenters. The molecule has 0 saturated carbocycles. The van der Waals surface area contributed by atoms with Gasteiger partial charge in [-0.05, 0) is 53.6 Å². The molecule has 0 aliphatic heterocycles. The van der Waals surface area contributed by atoms with Crippen molar-refractivity contribution in [3.05, 3.63) is 71.3 Å². The van der Waals surface area contributed by atoms with Crippen molar-refractivity contribution in [2.45, 2.75) is 12.3 Å². The number of nitrogens with zero attached hydrogens (tertiary/aromatic N) is 1. The van der Waals surface area contributed by atoms with Gasteiger partial charge in [-0.15, -0.1) is 0 Å². The zero-order valence-electron chi connectivity index (χ0n) is 11.2. The van der Waals surface area contributed by atoms with E-state index in [0.29, 0.717) is 13.0 Å². The van der Waals surface area contributed by atoms with Crippen LogP contribution in [0.5, 0.6) is 0 Å². The van der Waals surface area contributed by atoms with E-state index >= 15 is 0 Å². The Morgan fingerprint density at radius 3 is 1.90 bits per heavy atom. The normalized spacial score (nSPS) is 11.3. The van der Waals surface area contributed by atoms with Crippen molar-refractivity contribution in [3.8, 4) is 0 Å². The van der Waals surface area contributed by atoms with Gasteiger partial charge in [0.05, 0.1) is 0 Å². The molecule has 0 aliphatic rings. The summed E-state index contributed by atoms with van der Waals surface area (Å²) in [6.45, 7) is 0.624. The molecule has 2 rings (SSSR count). The van der Waals surface area contributed by atoms with Gasteiger partial charge >= 0.3 is 0 Å². The summed E-state index contributed by atoms with van der Waals surface area (Å²) >= 11 is 5.84. The number of hydrogen-bond acceptors (Lipinski definition) is 1. The fourth-order valence-corrected chi connectivity index (χ4v) is 2.38. The Morgan fingerprint density at radius 2 is 1.50 bits per heavy atom. The Bertz CT molecular complexity index is 526. The predicted molar refractivity (Wildman–Crippen MR) is 77.7 cm³/mol. The van der Waals surface area contributed by atoms with Gasteiger partial charge in [-0.3, -0.25) is 0 Å². The van der Waals surface area contributed by atoms with Crippen molar-refractivity contribution in [1.29, 1.82) is 0 Å². The van der Waals surface area contributed by atoms with Crippen LogP contribution in [-0.2, 0) is 0 Å². The summed E-state index contributed by atoms with van der Waals surface area (Å²) in [6.07, 6.45) is 0.687. The molecular weight excluding hydrogens is 280 g/mol. The van der Waals surface area contributed by atoms with Crippen molar-refractivity contribution in [3.63, 3.8) is 0 Å². The van der Waals surface area contributed by atoms with Crippen molar-refractivity contribution >= 4 is 11.8 Å². The minimum absolute atomic E-state index is 0.0809. The van der Waals surface area contributed by atoms with E-state index in [1.807, 2.05) is 12.1 Å². The Hall–Kier alpha value is -1.45. The number of rotatable bonds is 5. The molecule has 0 bridgehead atoms. The lowest BCUT2D eigenvalue weighted by molar-refractivity contribution is 0.503. The highest BCUT2D eigenvalue weighted by atomic mass is 35.5. The van der Waals surface area contributed by atoms with Crippen LogP contribution < -0.4 is 0 Å². The maximum atomic E-state index is 13.4. The molecule has 0 saturated heterocycles. The second-order valence-corrected chi connectivity index (χ2v) is 5.36. The van der Waals surface area contributed by atoms with Gasteiger partial charge in [0.1, 0.15) is 11.6 Å². The molecule has 0 spiro atoms. The monoisotopic (exact) mass is 295 g/mol. The molecule has 0 N–H and O–H groups in total. The van der Waals surface area contributed by atoms with Gasteiger partial charge in [0.2, 0.25) is 0 Å². The summed E-state index contributed by atoms with van der Waals surface area (Å²) in [5, 5.41) is 0. The lowest BCUT2D eigenvalue weighted by Crippen LogP contribution is -2.12. The minimum atomic E-state index is -0.289. The first-order valence-electron chi connectivity index (χ1n) is 6.44. The SMILES string of the molecule is CN(Cl)CCC(c1cccc(F)c1)c1cccc(F)c1. The summed E-state index contributed by atoms with van der Waals surface area (Å²) in [5.41, 5.74) is 1.66. The molecule has 0 radical (unpaired) electrons. The molecule has 0 unspecified atom stereocenters. The largest absolute Gasteiger partial charge is 0.223 e. The molecule has 2 aromatic carbocycles. The summed E-state index contributed by atoms with van der Waals surface area (Å²) in [6, 6.07) is 12.8. The van der Waals surface area contributed by atoms with E-state index in [1.165, 1.54) is 24.3 Å². The van der Waals surface area contributed by atoms with Crippen LogP contribution in [0.3, 0.4) is 0 Å². The van der Waals surface area contributed by atoms with Crippen LogP contribution in [0.25, 0.3) is 0 Å². The second kappa shape index (κ2) is 6.82. The topological polar surface area (TPSA) is 3.24 Å². The first kappa shape index (κ1) is 14.9. The number of benzene rings is 2. The van der Waals surface area contributed by atoms with Crippen molar-refractivity contribution in [2.24, 2.45) is 0 Å². The molecule has 2 aromatic rings. The zero-order chi connectivity index (χ0) is 14.5. The Labute approximate surface area is 122 Å². The predicted octanol–water partition coefficient (Wildman–Crippen LogP) is 4.57. The lowest BCUT2D eigenvalue weighted by atomic mass is 9.88. The van der Waals surface area contributed by atoms with Crippen LogP contribution in [0.1, 0.15) is 23.5 Å². The van der Waals surface area contributed by atoms with Gasteiger partial charge < -0.3 is 0 Å². The van der Waals surface area contributed by atoms with Gasteiger partial charge in [-0.1, -0.05) is 24.3 Å². The zero-order valence-corrected chi connectivity index (χ0v) is 11.9. The highest BCUT2D eigenvalue weighted by molar-refractivity contribution is 6.13. The average Bonchev–Trinajstić information content (AvgIpc) is 2.39. The molecule has 0 aromatic heterocycles. The van der Waals surface area contributed by atoms with Gasteiger partial charge in [0.25, 0.3) is 0 Å². The van der Waals surface area contributed by atoms with E-state index in [1.54, 1.807) is 23.6 Å². The quantitative estimate of drug-likeness (QED) is 0.730. The third kappa shape index (κ3) is 4.02. The first-order valence-corrected chi connectivity index (χ1v) is 6.78. The third-order valence-corrected chi connectivity index (χ3v) is 3.40. The van der Waals surface area contributed by atoms with Crippen molar-refractivity contribution < 1.29 is 8.78 Å². The maximum Gasteiger partial charge on any atom is 0.123 e.